The molecule has 0 bridgehead atoms. The Balaban J connectivity index is 2.23. The van der Waals surface area contributed by atoms with Crippen LogP contribution in [0.5, 0.6) is 0 Å². The number of hydrogen-bond acceptors (Lipinski definition) is 4. The SMILES string of the molecule is CCCNc1ncnc(Nc2ccccc2CCC)c1C. The van der Waals surface area contributed by atoms with E-state index in [-0.39, 0.29) is 0 Å². The molecule has 0 atom stereocenters. The van der Waals surface area contributed by atoms with E-state index < -0.39 is 0 Å². The lowest BCUT2D eigenvalue weighted by molar-refractivity contribution is 0.923. The normalized spacial score (nSPS) is 10.4. The summed E-state index contributed by atoms with van der Waals surface area (Å²) in [5.41, 5.74) is 3.50. The average Bonchev–Trinajstić information content (AvgIpc) is 2.50. The molecule has 0 saturated carbocycles. The molecular weight excluding hydrogens is 260 g/mol. The molecule has 1 aromatic carbocycles. The molecule has 0 spiro atoms. The van der Waals surface area contributed by atoms with E-state index in [2.05, 4.69) is 52.6 Å². The van der Waals surface area contributed by atoms with Gasteiger partial charge in [-0.2, -0.15) is 0 Å². The summed E-state index contributed by atoms with van der Waals surface area (Å²) in [5, 5.41) is 6.79. The topological polar surface area (TPSA) is 49.8 Å². The highest BCUT2D eigenvalue weighted by atomic mass is 15.1. The molecule has 2 N–H and O–H groups in total. The number of para-hydroxylation sites is 1. The van der Waals surface area contributed by atoms with Crippen LogP contribution >= 0.6 is 0 Å². The summed E-state index contributed by atoms with van der Waals surface area (Å²) < 4.78 is 0. The number of rotatable bonds is 7. The van der Waals surface area contributed by atoms with Crippen molar-refractivity contribution in [1.29, 1.82) is 0 Å². The van der Waals surface area contributed by atoms with Crippen molar-refractivity contribution in [2.24, 2.45) is 0 Å². The van der Waals surface area contributed by atoms with Crippen LogP contribution in [-0.2, 0) is 6.42 Å². The van der Waals surface area contributed by atoms with E-state index in [1.807, 2.05) is 13.0 Å². The Labute approximate surface area is 127 Å². The van der Waals surface area contributed by atoms with Crippen LogP contribution in [-0.4, -0.2) is 16.5 Å². The first-order valence-corrected chi connectivity index (χ1v) is 7.66. The molecule has 0 amide bonds. The predicted molar refractivity (Wildman–Crippen MR) is 89.3 cm³/mol. The molecule has 0 aliphatic heterocycles. The third-order valence-corrected chi connectivity index (χ3v) is 3.42. The van der Waals surface area contributed by atoms with Crippen molar-refractivity contribution in [2.75, 3.05) is 17.2 Å². The average molecular weight is 284 g/mol. The zero-order valence-electron chi connectivity index (χ0n) is 13.1. The fourth-order valence-corrected chi connectivity index (χ4v) is 2.25. The Hall–Kier alpha value is -2.10. The summed E-state index contributed by atoms with van der Waals surface area (Å²) in [6, 6.07) is 8.40. The third-order valence-electron chi connectivity index (χ3n) is 3.42. The molecule has 0 aliphatic rings. The molecule has 21 heavy (non-hydrogen) atoms. The predicted octanol–water partition coefficient (Wildman–Crippen LogP) is 4.30. The lowest BCUT2D eigenvalue weighted by atomic mass is 10.1. The third kappa shape index (κ3) is 3.94. The van der Waals surface area contributed by atoms with E-state index in [1.54, 1.807) is 6.33 Å². The second-order valence-electron chi connectivity index (χ2n) is 5.15. The van der Waals surface area contributed by atoms with Gasteiger partial charge in [-0.3, -0.25) is 0 Å². The number of anilines is 3. The standard InChI is InChI=1S/C17H24N4/c1-4-8-14-9-6-7-10-15(14)21-17-13(3)16(18-11-5-2)19-12-20-17/h6-7,9-10,12H,4-5,8,11H2,1-3H3,(H2,18,19,20,21). The Morgan fingerprint density at radius 3 is 2.52 bits per heavy atom. The maximum atomic E-state index is 4.38. The first kappa shape index (κ1) is 15.3. The molecular formula is C17H24N4. The first-order valence-electron chi connectivity index (χ1n) is 7.66. The summed E-state index contributed by atoms with van der Waals surface area (Å²) in [6.45, 7) is 7.30. The van der Waals surface area contributed by atoms with Gasteiger partial charge in [0.15, 0.2) is 0 Å². The highest BCUT2D eigenvalue weighted by Gasteiger charge is 2.08. The Kier molecular flexibility index (Phi) is 5.55. The fourth-order valence-electron chi connectivity index (χ4n) is 2.25. The summed E-state index contributed by atoms with van der Waals surface area (Å²) >= 11 is 0. The van der Waals surface area contributed by atoms with Gasteiger partial charge >= 0.3 is 0 Å². The van der Waals surface area contributed by atoms with E-state index in [0.29, 0.717) is 0 Å². The lowest BCUT2D eigenvalue weighted by Gasteiger charge is -2.14. The van der Waals surface area contributed by atoms with Crippen molar-refractivity contribution >= 4 is 17.3 Å². The monoisotopic (exact) mass is 284 g/mol. The maximum absolute atomic E-state index is 4.38. The van der Waals surface area contributed by atoms with Crippen molar-refractivity contribution in [3.05, 3.63) is 41.7 Å². The molecule has 2 aromatic rings. The molecule has 0 radical (unpaired) electrons. The number of aryl methyl sites for hydroxylation is 1. The summed E-state index contributed by atoms with van der Waals surface area (Å²) in [4.78, 5) is 8.70. The highest BCUT2D eigenvalue weighted by Crippen LogP contribution is 2.25. The number of aromatic nitrogens is 2. The smallest absolute Gasteiger partial charge is 0.138 e. The van der Waals surface area contributed by atoms with Gasteiger partial charge in [-0.1, -0.05) is 38.5 Å². The van der Waals surface area contributed by atoms with E-state index >= 15 is 0 Å². The van der Waals surface area contributed by atoms with Gasteiger partial charge < -0.3 is 10.6 Å². The van der Waals surface area contributed by atoms with Crippen molar-refractivity contribution in [3.8, 4) is 0 Å². The fraction of sp³-hybridized carbons (Fsp3) is 0.412. The van der Waals surface area contributed by atoms with Crippen molar-refractivity contribution in [2.45, 2.75) is 40.0 Å². The Morgan fingerprint density at radius 1 is 1.00 bits per heavy atom. The summed E-state index contributed by atoms with van der Waals surface area (Å²) in [5.74, 6) is 1.77. The van der Waals surface area contributed by atoms with Gasteiger partial charge in [0.25, 0.3) is 0 Å². The summed E-state index contributed by atoms with van der Waals surface area (Å²) in [7, 11) is 0. The molecule has 1 aromatic heterocycles. The molecule has 4 heteroatoms. The van der Waals surface area contributed by atoms with Gasteiger partial charge in [0.05, 0.1) is 0 Å². The minimum Gasteiger partial charge on any atom is -0.370 e. The van der Waals surface area contributed by atoms with Crippen LogP contribution in [0.3, 0.4) is 0 Å². The molecule has 4 nitrogen and oxygen atoms in total. The Morgan fingerprint density at radius 2 is 1.76 bits per heavy atom. The molecule has 0 saturated heterocycles. The second kappa shape index (κ2) is 7.62. The van der Waals surface area contributed by atoms with E-state index in [1.165, 1.54) is 5.56 Å². The largest absolute Gasteiger partial charge is 0.370 e. The van der Waals surface area contributed by atoms with Crippen LogP contribution in [0, 0.1) is 6.92 Å². The second-order valence-corrected chi connectivity index (χ2v) is 5.15. The summed E-state index contributed by atoms with van der Waals surface area (Å²) in [6.07, 6.45) is 4.88. The maximum Gasteiger partial charge on any atom is 0.138 e. The minimum atomic E-state index is 0.868. The van der Waals surface area contributed by atoms with Crippen LogP contribution < -0.4 is 10.6 Å². The van der Waals surface area contributed by atoms with Crippen LogP contribution in [0.2, 0.25) is 0 Å². The zero-order chi connectivity index (χ0) is 15.1. The van der Waals surface area contributed by atoms with Gasteiger partial charge in [-0.15, -0.1) is 0 Å². The number of benzene rings is 1. The van der Waals surface area contributed by atoms with E-state index in [9.17, 15) is 0 Å². The first-order chi connectivity index (χ1) is 10.3. The van der Waals surface area contributed by atoms with Crippen LogP contribution in [0.4, 0.5) is 17.3 Å². The number of nitrogens with one attached hydrogen (secondary N) is 2. The van der Waals surface area contributed by atoms with E-state index in [0.717, 1.165) is 48.7 Å². The van der Waals surface area contributed by atoms with Gasteiger partial charge in [-0.25, -0.2) is 9.97 Å². The zero-order valence-corrected chi connectivity index (χ0v) is 13.1. The van der Waals surface area contributed by atoms with Crippen LogP contribution in [0.1, 0.15) is 37.8 Å². The van der Waals surface area contributed by atoms with Crippen molar-refractivity contribution < 1.29 is 0 Å². The van der Waals surface area contributed by atoms with Crippen LogP contribution in [0.25, 0.3) is 0 Å². The van der Waals surface area contributed by atoms with E-state index in [4.69, 9.17) is 0 Å². The quantitative estimate of drug-likeness (QED) is 0.795. The van der Waals surface area contributed by atoms with Gasteiger partial charge in [0.1, 0.15) is 18.0 Å². The number of nitrogens with zero attached hydrogens (tertiary/aromatic N) is 2. The van der Waals surface area contributed by atoms with Gasteiger partial charge in [0.2, 0.25) is 0 Å². The lowest BCUT2D eigenvalue weighted by Crippen LogP contribution is -2.07. The van der Waals surface area contributed by atoms with Gasteiger partial charge in [0, 0.05) is 17.8 Å². The molecule has 1 heterocycles. The molecule has 2 rings (SSSR count). The minimum absolute atomic E-state index is 0.868. The van der Waals surface area contributed by atoms with Crippen molar-refractivity contribution in [1.82, 2.24) is 9.97 Å². The van der Waals surface area contributed by atoms with Crippen LogP contribution in [0.15, 0.2) is 30.6 Å². The molecule has 0 aliphatic carbocycles. The number of hydrogen-bond donors (Lipinski definition) is 2. The Bertz CT molecular complexity index is 581. The molecule has 0 unspecified atom stereocenters. The molecule has 0 fully saturated rings. The van der Waals surface area contributed by atoms with Gasteiger partial charge in [-0.05, 0) is 31.4 Å². The highest BCUT2D eigenvalue weighted by molar-refractivity contribution is 5.66. The molecule has 112 valence electrons. The van der Waals surface area contributed by atoms with Crippen molar-refractivity contribution in [3.63, 3.8) is 0 Å².